The van der Waals surface area contributed by atoms with E-state index >= 15 is 0 Å². The van der Waals surface area contributed by atoms with Crippen LogP contribution in [-0.2, 0) is 9.53 Å². The topological polar surface area (TPSA) is 51.1 Å². The van der Waals surface area contributed by atoms with Crippen LogP contribution in [0.5, 0.6) is 5.75 Å². The van der Waals surface area contributed by atoms with Crippen molar-refractivity contribution in [3.05, 3.63) is 89.5 Å². The van der Waals surface area contributed by atoms with Gasteiger partial charge in [0.2, 0.25) is 5.91 Å². The molecular formula is C28H23F5N2O3. The summed E-state index contributed by atoms with van der Waals surface area (Å²) in [4.78, 5) is 19.8. The van der Waals surface area contributed by atoms with Crippen molar-refractivity contribution in [2.75, 3.05) is 26.3 Å². The summed E-state index contributed by atoms with van der Waals surface area (Å²) < 4.78 is 75.7. The van der Waals surface area contributed by atoms with Gasteiger partial charge in [-0.2, -0.15) is 0 Å². The smallest absolute Gasteiger partial charge is 0.406 e. The van der Waals surface area contributed by atoms with Crippen molar-refractivity contribution in [2.24, 2.45) is 10.9 Å². The van der Waals surface area contributed by atoms with E-state index in [0.717, 1.165) is 17.7 Å². The molecule has 0 bridgehead atoms. The monoisotopic (exact) mass is 530 g/mol. The molecule has 0 aliphatic carbocycles. The minimum atomic E-state index is -4.77. The van der Waals surface area contributed by atoms with Gasteiger partial charge in [0.15, 0.2) is 0 Å². The van der Waals surface area contributed by atoms with Gasteiger partial charge >= 0.3 is 6.36 Å². The molecule has 198 valence electrons. The van der Waals surface area contributed by atoms with Gasteiger partial charge in [0.1, 0.15) is 17.4 Å². The first-order valence-corrected chi connectivity index (χ1v) is 12.0. The third kappa shape index (κ3) is 5.55. The summed E-state index contributed by atoms with van der Waals surface area (Å²) in [6.45, 7) is 1.69. The van der Waals surface area contributed by atoms with Crippen LogP contribution in [0.25, 0.3) is 11.1 Å². The lowest BCUT2D eigenvalue weighted by molar-refractivity contribution is -0.274. The van der Waals surface area contributed by atoms with E-state index in [4.69, 9.17) is 4.74 Å². The van der Waals surface area contributed by atoms with Crippen LogP contribution in [0.1, 0.15) is 23.6 Å². The van der Waals surface area contributed by atoms with Crippen LogP contribution < -0.4 is 4.74 Å². The number of alkyl halides is 3. The summed E-state index contributed by atoms with van der Waals surface area (Å²) in [5.41, 5.74) is 2.04. The summed E-state index contributed by atoms with van der Waals surface area (Å²) in [5.74, 6) is -2.61. The fourth-order valence-electron chi connectivity index (χ4n) is 4.84. The highest BCUT2D eigenvalue weighted by Gasteiger charge is 2.40. The van der Waals surface area contributed by atoms with Gasteiger partial charge < -0.3 is 14.4 Å². The predicted octanol–water partition coefficient (Wildman–Crippen LogP) is 5.94. The van der Waals surface area contributed by atoms with E-state index in [1.165, 1.54) is 30.3 Å². The molecule has 2 aliphatic heterocycles. The predicted molar refractivity (Wildman–Crippen MR) is 130 cm³/mol. The number of benzene rings is 3. The number of amides is 1. The Morgan fingerprint density at radius 2 is 1.47 bits per heavy atom. The van der Waals surface area contributed by atoms with Crippen molar-refractivity contribution in [3.63, 3.8) is 0 Å². The van der Waals surface area contributed by atoms with Gasteiger partial charge in [0, 0.05) is 25.2 Å². The van der Waals surface area contributed by atoms with E-state index in [-0.39, 0.29) is 29.4 Å². The van der Waals surface area contributed by atoms with Crippen LogP contribution >= 0.6 is 0 Å². The summed E-state index contributed by atoms with van der Waals surface area (Å²) in [5, 5.41) is 0. The fourth-order valence-corrected chi connectivity index (χ4v) is 4.84. The van der Waals surface area contributed by atoms with E-state index in [1.807, 2.05) is 0 Å². The Morgan fingerprint density at radius 3 is 2.05 bits per heavy atom. The second-order valence-corrected chi connectivity index (χ2v) is 9.06. The molecule has 5 nitrogen and oxygen atoms in total. The van der Waals surface area contributed by atoms with Crippen molar-refractivity contribution in [2.45, 2.75) is 18.8 Å². The Labute approximate surface area is 215 Å². The van der Waals surface area contributed by atoms with E-state index in [0.29, 0.717) is 37.4 Å². The van der Waals surface area contributed by atoms with Gasteiger partial charge in [-0.1, -0.05) is 42.5 Å². The maximum Gasteiger partial charge on any atom is 0.573 e. The molecule has 10 heteroatoms. The molecule has 2 aliphatic rings. The van der Waals surface area contributed by atoms with E-state index in [1.54, 1.807) is 29.2 Å². The average Bonchev–Trinajstić information content (AvgIpc) is 3.33. The Balaban J connectivity index is 1.43. The zero-order valence-corrected chi connectivity index (χ0v) is 20.1. The van der Waals surface area contributed by atoms with Crippen molar-refractivity contribution >= 4 is 11.6 Å². The maximum absolute atomic E-state index is 14.6. The molecule has 1 amide bonds. The Morgan fingerprint density at radius 1 is 0.895 bits per heavy atom. The van der Waals surface area contributed by atoms with E-state index in [2.05, 4.69) is 9.73 Å². The van der Waals surface area contributed by atoms with Gasteiger partial charge in [-0.3, -0.25) is 9.79 Å². The summed E-state index contributed by atoms with van der Waals surface area (Å²) in [6.07, 6.45) is -4.69. The second kappa shape index (κ2) is 10.5. The minimum absolute atomic E-state index is 0.0845. The summed E-state index contributed by atoms with van der Waals surface area (Å²) in [7, 11) is 0. The lowest BCUT2D eigenvalue weighted by Gasteiger charge is -2.30. The SMILES string of the molecule is O=C([C@H]1CC(c2c(F)cccc2F)=N[C@H]1c1ccc(-c2ccc(OC(F)(F)F)cc2)cc1)N1CCOCC1. The number of aliphatic imine (C=N–C) groups is 1. The highest BCUT2D eigenvalue weighted by molar-refractivity contribution is 6.05. The molecule has 3 aromatic carbocycles. The Bertz CT molecular complexity index is 1310. The summed E-state index contributed by atoms with van der Waals surface area (Å²) >= 11 is 0. The first-order valence-electron chi connectivity index (χ1n) is 12.0. The molecule has 0 radical (unpaired) electrons. The molecule has 0 unspecified atom stereocenters. The molecular weight excluding hydrogens is 507 g/mol. The number of hydrogen-bond donors (Lipinski definition) is 0. The zero-order valence-electron chi connectivity index (χ0n) is 20.1. The lowest BCUT2D eigenvalue weighted by Crippen LogP contribution is -2.44. The number of carbonyl (C=O) groups excluding carboxylic acids is 1. The first kappa shape index (κ1) is 25.8. The zero-order chi connectivity index (χ0) is 26.9. The number of halogens is 5. The van der Waals surface area contributed by atoms with Crippen LogP contribution in [0, 0.1) is 17.6 Å². The molecule has 1 saturated heterocycles. The third-order valence-corrected chi connectivity index (χ3v) is 6.65. The molecule has 2 heterocycles. The Hall–Kier alpha value is -3.79. The summed E-state index contributed by atoms with van der Waals surface area (Å²) in [6, 6.07) is 15.5. The largest absolute Gasteiger partial charge is 0.573 e. The van der Waals surface area contributed by atoms with Gasteiger partial charge in [-0.05, 0) is 41.0 Å². The lowest BCUT2D eigenvalue weighted by atomic mass is 9.89. The minimum Gasteiger partial charge on any atom is -0.406 e. The van der Waals surface area contributed by atoms with Crippen LogP contribution in [0.4, 0.5) is 22.0 Å². The van der Waals surface area contributed by atoms with Crippen molar-refractivity contribution in [3.8, 4) is 16.9 Å². The van der Waals surface area contributed by atoms with Crippen molar-refractivity contribution in [1.82, 2.24) is 4.90 Å². The van der Waals surface area contributed by atoms with Gasteiger partial charge in [0.05, 0.1) is 30.7 Å². The number of rotatable bonds is 5. The number of carbonyl (C=O) groups is 1. The molecule has 2 atom stereocenters. The van der Waals surface area contributed by atoms with Crippen molar-refractivity contribution in [1.29, 1.82) is 0 Å². The Kier molecular flexibility index (Phi) is 7.16. The quantitative estimate of drug-likeness (QED) is 0.384. The van der Waals surface area contributed by atoms with Crippen LogP contribution in [0.15, 0.2) is 71.7 Å². The van der Waals surface area contributed by atoms with Crippen molar-refractivity contribution < 1.29 is 36.2 Å². The van der Waals surface area contributed by atoms with E-state index < -0.39 is 30.0 Å². The maximum atomic E-state index is 14.6. The molecule has 0 N–H and O–H groups in total. The second-order valence-electron chi connectivity index (χ2n) is 9.06. The number of ether oxygens (including phenoxy) is 2. The third-order valence-electron chi connectivity index (χ3n) is 6.65. The molecule has 5 rings (SSSR count). The highest BCUT2D eigenvalue weighted by atomic mass is 19.4. The van der Waals surface area contributed by atoms with Crippen LogP contribution in [-0.4, -0.2) is 49.2 Å². The van der Waals surface area contributed by atoms with Crippen LogP contribution in [0.3, 0.4) is 0 Å². The van der Waals surface area contributed by atoms with Gasteiger partial charge in [-0.25, -0.2) is 8.78 Å². The molecule has 3 aromatic rings. The number of hydrogen-bond acceptors (Lipinski definition) is 4. The molecule has 0 spiro atoms. The number of nitrogens with zero attached hydrogens (tertiary/aromatic N) is 2. The standard InChI is InChI=1S/C28H23F5N2O3/c29-22-2-1-3-23(30)25(22)24-16-21(27(36)35-12-14-37-15-13-35)26(34-24)19-6-4-17(5-7-19)18-8-10-20(11-9-18)38-28(31,32)33/h1-11,21,26H,12-16H2/t21-,26-/m0/s1. The molecule has 0 saturated carbocycles. The fraction of sp³-hybridized carbons (Fsp3) is 0.286. The van der Waals surface area contributed by atoms with Crippen LogP contribution in [0.2, 0.25) is 0 Å². The highest BCUT2D eigenvalue weighted by Crippen LogP contribution is 2.39. The normalized spacial score (nSPS) is 19.8. The van der Waals surface area contributed by atoms with E-state index in [9.17, 15) is 26.7 Å². The molecule has 0 aromatic heterocycles. The average molecular weight is 530 g/mol. The number of morpholine rings is 1. The van der Waals surface area contributed by atoms with Gasteiger partial charge in [0.25, 0.3) is 0 Å². The molecule has 38 heavy (non-hydrogen) atoms. The first-order chi connectivity index (χ1) is 18.2. The van der Waals surface area contributed by atoms with Gasteiger partial charge in [-0.15, -0.1) is 13.2 Å². The molecule has 1 fully saturated rings.